The molecule has 6 heteroatoms. The molecule has 0 saturated carbocycles. The summed E-state index contributed by atoms with van der Waals surface area (Å²) in [5.41, 5.74) is 7.24. The molecule has 2 atom stereocenters. The number of aryl methyl sites for hydroxylation is 1. The van der Waals surface area contributed by atoms with Crippen LogP contribution in [-0.2, 0) is 20.7 Å². The fourth-order valence-electron chi connectivity index (χ4n) is 2.17. The Labute approximate surface area is 116 Å². The fourth-order valence-corrected chi connectivity index (χ4v) is 2.17. The molecule has 2 rings (SSSR count). The van der Waals surface area contributed by atoms with E-state index in [0.29, 0.717) is 25.3 Å². The summed E-state index contributed by atoms with van der Waals surface area (Å²) >= 11 is 0. The fraction of sp³-hybridized carbons (Fsp3) is 0.429. The lowest BCUT2D eigenvalue weighted by Crippen LogP contribution is -2.37. The monoisotopic (exact) mass is 278 g/mol. The highest BCUT2D eigenvalue weighted by molar-refractivity contribution is 5.94. The maximum Gasteiger partial charge on any atom is 0.303 e. The van der Waals surface area contributed by atoms with E-state index < -0.39 is 5.97 Å². The van der Waals surface area contributed by atoms with Crippen molar-refractivity contribution in [2.45, 2.75) is 18.9 Å². The number of carbonyl (C=O) groups is 2. The number of carboxylic acids is 1. The van der Waals surface area contributed by atoms with Gasteiger partial charge in [0.25, 0.3) is 0 Å². The molecule has 1 aliphatic rings. The van der Waals surface area contributed by atoms with Gasteiger partial charge < -0.3 is 20.9 Å². The van der Waals surface area contributed by atoms with Gasteiger partial charge in [-0.25, -0.2) is 0 Å². The van der Waals surface area contributed by atoms with Crippen molar-refractivity contribution in [2.24, 2.45) is 11.7 Å². The van der Waals surface area contributed by atoms with Crippen molar-refractivity contribution < 1.29 is 19.4 Å². The second-order valence-electron chi connectivity index (χ2n) is 4.85. The first kappa shape index (κ1) is 14.5. The minimum atomic E-state index is -0.864. The van der Waals surface area contributed by atoms with Crippen LogP contribution in [0.4, 0.5) is 5.69 Å². The zero-order valence-corrected chi connectivity index (χ0v) is 11.0. The van der Waals surface area contributed by atoms with Crippen molar-refractivity contribution in [2.75, 3.05) is 18.5 Å². The van der Waals surface area contributed by atoms with Crippen molar-refractivity contribution in [3.05, 3.63) is 29.8 Å². The number of hydrogen-bond donors (Lipinski definition) is 3. The molecule has 1 aromatic carbocycles. The van der Waals surface area contributed by atoms with Crippen LogP contribution in [0, 0.1) is 5.92 Å². The van der Waals surface area contributed by atoms with Crippen molar-refractivity contribution in [3.63, 3.8) is 0 Å². The molecular weight excluding hydrogens is 260 g/mol. The van der Waals surface area contributed by atoms with Gasteiger partial charge in [-0.3, -0.25) is 9.59 Å². The van der Waals surface area contributed by atoms with E-state index in [1.807, 2.05) is 12.1 Å². The topological polar surface area (TPSA) is 102 Å². The van der Waals surface area contributed by atoms with Crippen molar-refractivity contribution in [1.29, 1.82) is 0 Å². The van der Waals surface area contributed by atoms with E-state index in [0.717, 1.165) is 5.56 Å². The van der Waals surface area contributed by atoms with E-state index >= 15 is 0 Å². The Morgan fingerprint density at radius 1 is 1.35 bits per heavy atom. The molecule has 1 aliphatic heterocycles. The average molecular weight is 278 g/mol. The summed E-state index contributed by atoms with van der Waals surface area (Å²) in [6.45, 7) is 0.711. The molecule has 1 saturated heterocycles. The number of amides is 1. The van der Waals surface area contributed by atoms with Crippen LogP contribution in [-0.4, -0.2) is 36.2 Å². The number of ether oxygens (including phenoxy) is 1. The molecule has 1 amide bonds. The second-order valence-corrected chi connectivity index (χ2v) is 4.85. The number of carboxylic acid groups (broad SMARTS) is 1. The van der Waals surface area contributed by atoms with Gasteiger partial charge in [-0.2, -0.15) is 0 Å². The Morgan fingerprint density at radius 2 is 2.10 bits per heavy atom. The van der Waals surface area contributed by atoms with Gasteiger partial charge in [-0.05, 0) is 18.1 Å². The molecule has 6 nitrogen and oxygen atoms in total. The van der Waals surface area contributed by atoms with Crippen molar-refractivity contribution in [1.82, 2.24) is 0 Å². The summed E-state index contributed by atoms with van der Waals surface area (Å²) in [6.07, 6.45) is 0.401. The molecule has 1 heterocycles. The number of aliphatic carboxylic acids is 1. The number of rotatable bonds is 5. The van der Waals surface area contributed by atoms with Crippen LogP contribution in [0.3, 0.4) is 0 Å². The molecule has 108 valence electrons. The number of para-hydroxylation sites is 1. The largest absolute Gasteiger partial charge is 0.481 e. The molecule has 0 aromatic heterocycles. The Hall–Kier alpha value is -1.92. The summed E-state index contributed by atoms with van der Waals surface area (Å²) in [6, 6.07) is 6.89. The molecule has 20 heavy (non-hydrogen) atoms. The van der Waals surface area contributed by atoms with Crippen LogP contribution >= 0.6 is 0 Å². The van der Waals surface area contributed by atoms with E-state index in [1.54, 1.807) is 12.1 Å². The Morgan fingerprint density at radius 3 is 2.75 bits per heavy atom. The lowest BCUT2D eigenvalue weighted by molar-refractivity contribution is -0.137. The molecular formula is C14H18N2O4. The minimum absolute atomic E-state index is 0.0267. The van der Waals surface area contributed by atoms with Crippen molar-refractivity contribution >= 4 is 17.6 Å². The third-order valence-electron chi connectivity index (χ3n) is 3.34. The normalized spacial score (nSPS) is 21.6. The molecule has 0 bridgehead atoms. The SMILES string of the molecule is NC1COCC1C(=O)Nc1ccccc1CCC(=O)O. The van der Waals surface area contributed by atoms with Crippen LogP contribution in [0.15, 0.2) is 24.3 Å². The Balaban J connectivity index is 2.04. The predicted molar refractivity (Wildman–Crippen MR) is 73.3 cm³/mol. The number of anilines is 1. The molecule has 0 spiro atoms. The molecule has 1 aromatic rings. The second kappa shape index (κ2) is 6.49. The van der Waals surface area contributed by atoms with Crippen LogP contribution in [0.5, 0.6) is 0 Å². The lowest BCUT2D eigenvalue weighted by atomic mass is 10.0. The van der Waals surface area contributed by atoms with Gasteiger partial charge in [0.05, 0.1) is 19.1 Å². The van der Waals surface area contributed by atoms with Gasteiger partial charge in [-0.15, -0.1) is 0 Å². The molecule has 2 unspecified atom stereocenters. The number of nitrogens with two attached hydrogens (primary N) is 1. The van der Waals surface area contributed by atoms with Crippen LogP contribution in [0.25, 0.3) is 0 Å². The van der Waals surface area contributed by atoms with Crippen LogP contribution in [0.2, 0.25) is 0 Å². The first-order valence-electron chi connectivity index (χ1n) is 6.52. The number of carbonyl (C=O) groups excluding carboxylic acids is 1. The number of benzene rings is 1. The third-order valence-corrected chi connectivity index (χ3v) is 3.34. The Bertz CT molecular complexity index is 504. The highest BCUT2D eigenvalue weighted by Crippen LogP contribution is 2.20. The van der Waals surface area contributed by atoms with E-state index in [-0.39, 0.29) is 24.3 Å². The third kappa shape index (κ3) is 3.55. The number of hydrogen-bond acceptors (Lipinski definition) is 4. The molecule has 4 N–H and O–H groups in total. The lowest BCUT2D eigenvalue weighted by Gasteiger charge is -2.15. The standard InChI is InChI=1S/C14H18N2O4/c15-11-8-20-7-10(11)14(19)16-12-4-2-1-3-9(12)5-6-13(17)18/h1-4,10-11H,5-8,15H2,(H,16,19)(H,17,18). The summed E-state index contributed by atoms with van der Waals surface area (Å²) < 4.78 is 5.17. The average Bonchev–Trinajstić information content (AvgIpc) is 2.84. The highest BCUT2D eigenvalue weighted by atomic mass is 16.5. The maximum absolute atomic E-state index is 12.1. The predicted octanol–water partition coefficient (Wildman–Crippen LogP) is 0.616. The van der Waals surface area contributed by atoms with Gasteiger partial charge in [0.15, 0.2) is 0 Å². The highest BCUT2D eigenvalue weighted by Gasteiger charge is 2.31. The summed E-state index contributed by atoms with van der Waals surface area (Å²) in [5.74, 6) is -1.40. The van der Waals surface area contributed by atoms with Gasteiger partial charge in [0.2, 0.25) is 5.91 Å². The smallest absolute Gasteiger partial charge is 0.303 e. The first-order valence-corrected chi connectivity index (χ1v) is 6.52. The van der Waals surface area contributed by atoms with Gasteiger partial charge in [-0.1, -0.05) is 18.2 Å². The van der Waals surface area contributed by atoms with Crippen LogP contribution < -0.4 is 11.1 Å². The molecule has 1 fully saturated rings. The van der Waals surface area contributed by atoms with Gasteiger partial charge in [0.1, 0.15) is 0 Å². The molecule has 0 aliphatic carbocycles. The van der Waals surface area contributed by atoms with E-state index in [2.05, 4.69) is 5.32 Å². The molecule has 0 radical (unpaired) electrons. The van der Waals surface area contributed by atoms with E-state index in [4.69, 9.17) is 15.6 Å². The Kier molecular flexibility index (Phi) is 4.70. The quantitative estimate of drug-likeness (QED) is 0.732. The van der Waals surface area contributed by atoms with E-state index in [9.17, 15) is 9.59 Å². The van der Waals surface area contributed by atoms with Crippen molar-refractivity contribution in [3.8, 4) is 0 Å². The van der Waals surface area contributed by atoms with Crippen LogP contribution in [0.1, 0.15) is 12.0 Å². The minimum Gasteiger partial charge on any atom is -0.481 e. The van der Waals surface area contributed by atoms with Gasteiger partial charge >= 0.3 is 5.97 Å². The summed E-state index contributed by atoms with van der Waals surface area (Å²) in [7, 11) is 0. The number of nitrogens with one attached hydrogen (secondary N) is 1. The van der Waals surface area contributed by atoms with Gasteiger partial charge in [0, 0.05) is 18.2 Å². The maximum atomic E-state index is 12.1. The zero-order chi connectivity index (χ0) is 14.5. The van der Waals surface area contributed by atoms with E-state index in [1.165, 1.54) is 0 Å². The zero-order valence-electron chi connectivity index (χ0n) is 11.0. The summed E-state index contributed by atoms with van der Waals surface area (Å²) in [5, 5.41) is 11.5. The summed E-state index contributed by atoms with van der Waals surface area (Å²) in [4.78, 5) is 22.8. The first-order chi connectivity index (χ1) is 9.58.